The monoisotopic (exact) mass is 221 g/mol. The van der Waals surface area contributed by atoms with Crippen LogP contribution in [0.2, 0.25) is 0 Å². The van der Waals surface area contributed by atoms with Crippen LogP contribution < -0.4 is 4.90 Å². The molecule has 0 fully saturated rings. The van der Waals surface area contributed by atoms with Crippen molar-refractivity contribution in [1.82, 2.24) is 0 Å². The lowest BCUT2D eigenvalue weighted by atomic mass is 10.1. The Morgan fingerprint density at radius 2 is 1.81 bits per heavy atom. The summed E-state index contributed by atoms with van der Waals surface area (Å²) in [6.07, 6.45) is 2.08. The van der Waals surface area contributed by atoms with Gasteiger partial charge in [0.05, 0.1) is 6.10 Å². The predicted octanol–water partition coefficient (Wildman–Crippen LogP) is 3.37. The molecule has 1 rings (SSSR count). The first-order chi connectivity index (χ1) is 7.69. The summed E-state index contributed by atoms with van der Waals surface area (Å²) in [6.45, 7) is 8.33. The first-order valence-corrected chi connectivity index (χ1v) is 6.22. The molecule has 0 radical (unpaired) electrons. The lowest BCUT2D eigenvalue weighted by Crippen LogP contribution is -2.23. The van der Waals surface area contributed by atoms with Crippen LogP contribution >= 0.6 is 0 Å². The molecule has 0 bridgehead atoms. The van der Waals surface area contributed by atoms with Crippen molar-refractivity contribution in [2.45, 2.75) is 39.7 Å². The lowest BCUT2D eigenvalue weighted by Gasteiger charge is -2.23. The Kier molecular flexibility index (Phi) is 5.33. The third-order valence-electron chi connectivity index (χ3n) is 2.90. The molecule has 0 aliphatic rings. The molecular formula is C14H23NO. The smallest absolute Gasteiger partial charge is 0.0761 e. The van der Waals surface area contributed by atoms with Crippen molar-refractivity contribution in [2.75, 3.05) is 18.0 Å². The highest BCUT2D eigenvalue weighted by atomic mass is 16.3. The maximum atomic E-state index is 9.44. The summed E-state index contributed by atoms with van der Waals surface area (Å²) in [5.74, 6) is 0. The van der Waals surface area contributed by atoms with E-state index in [1.807, 2.05) is 12.1 Å². The molecule has 0 spiro atoms. The van der Waals surface area contributed by atoms with E-state index in [0.717, 1.165) is 18.7 Å². The van der Waals surface area contributed by atoms with Gasteiger partial charge in [-0.05, 0) is 38.0 Å². The largest absolute Gasteiger partial charge is 0.389 e. The summed E-state index contributed by atoms with van der Waals surface area (Å²) < 4.78 is 0. The second-order valence-corrected chi connectivity index (χ2v) is 4.20. The average Bonchev–Trinajstić information content (AvgIpc) is 2.30. The number of benzene rings is 1. The van der Waals surface area contributed by atoms with E-state index in [-0.39, 0.29) is 6.10 Å². The highest BCUT2D eigenvalue weighted by molar-refractivity contribution is 5.47. The van der Waals surface area contributed by atoms with Gasteiger partial charge in [0.1, 0.15) is 0 Å². The van der Waals surface area contributed by atoms with Crippen molar-refractivity contribution in [1.29, 1.82) is 0 Å². The van der Waals surface area contributed by atoms with Crippen LogP contribution in [0.1, 0.15) is 45.3 Å². The van der Waals surface area contributed by atoms with Gasteiger partial charge in [-0.1, -0.05) is 25.5 Å². The van der Waals surface area contributed by atoms with Crippen molar-refractivity contribution in [3.63, 3.8) is 0 Å². The van der Waals surface area contributed by atoms with Gasteiger partial charge in [-0.2, -0.15) is 0 Å². The topological polar surface area (TPSA) is 23.5 Å². The standard InChI is InChI=1S/C14H23NO/c1-4-6-11-15(5-2)14-9-7-13(8-10-14)12(3)16/h7-10,12,16H,4-6,11H2,1-3H3/t12-/m0/s1. The van der Waals surface area contributed by atoms with Crippen LogP contribution in [0, 0.1) is 0 Å². The number of anilines is 1. The van der Waals surface area contributed by atoms with Gasteiger partial charge in [0.15, 0.2) is 0 Å². The number of hydrogen-bond donors (Lipinski definition) is 1. The SMILES string of the molecule is CCCCN(CC)c1ccc([C@H](C)O)cc1. The molecule has 1 N–H and O–H groups in total. The molecule has 0 aliphatic heterocycles. The summed E-state index contributed by atoms with van der Waals surface area (Å²) >= 11 is 0. The van der Waals surface area contributed by atoms with E-state index in [1.165, 1.54) is 18.5 Å². The minimum atomic E-state index is -0.375. The van der Waals surface area contributed by atoms with Crippen LogP contribution in [0.4, 0.5) is 5.69 Å². The number of unbranched alkanes of at least 4 members (excludes halogenated alkanes) is 1. The highest BCUT2D eigenvalue weighted by Crippen LogP contribution is 2.19. The number of nitrogens with zero attached hydrogens (tertiary/aromatic N) is 1. The fourth-order valence-electron chi connectivity index (χ4n) is 1.78. The van der Waals surface area contributed by atoms with E-state index < -0.39 is 0 Å². The number of rotatable bonds is 6. The highest BCUT2D eigenvalue weighted by Gasteiger charge is 2.05. The number of hydrogen-bond acceptors (Lipinski definition) is 2. The molecule has 1 atom stereocenters. The van der Waals surface area contributed by atoms with Gasteiger partial charge >= 0.3 is 0 Å². The quantitative estimate of drug-likeness (QED) is 0.796. The third-order valence-corrected chi connectivity index (χ3v) is 2.90. The van der Waals surface area contributed by atoms with Crippen molar-refractivity contribution >= 4 is 5.69 Å². The Balaban J connectivity index is 2.70. The molecule has 0 heterocycles. The third kappa shape index (κ3) is 3.53. The van der Waals surface area contributed by atoms with Gasteiger partial charge in [-0.3, -0.25) is 0 Å². The van der Waals surface area contributed by atoms with Crippen molar-refractivity contribution in [2.24, 2.45) is 0 Å². The molecule has 2 nitrogen and oxygen atoms in total. The zero-order valence-corrected chi connectivity index (χ0v) is 10.6. The molecular weight excluding hydrogens is 198 g/mol. The zero-order valence-electron chi connectivity index (χ0n) is 10.6. The Labute approximate surface area is 98.9 Å². The normalized spacial score (nSPS) is 12.5. The maximum Gasteiger partial charge on any atom is 0.0761 e. The fourth-order valence-corrected chi connectivity index (χ4v) is 1.78. The van der Waals surface area contributed by atoms with Gasteiger partial charge in [0.2, 0.25) is 0 Å². The molecule has 90 valence electrons. The van der Waals surface area contributed by atoms with Crippen LogP contribution in [-0.2, 0) is 0 Å². The van der Waals surface area contributed by atoms with E-state index in [9.17, 15) is 5.11 Å². The Bertz CT molecular complexity index is 292. The molecule has 0 unspecified atom stereocenters. The van der Waals surface area contributed by atoms with Gasteiger partial charge in [-0.25, -0.2) is 0 Å². The van der Waals surface area contributed by atoms with Gasteiger partial charge in [0.25, 0.3) is 0 Å². The van der Waals surface area contributed by atoms with E-state index in [4.69, 9.17) is 0 Å². The summed E-state index contributed by atoms with van der Waals surface area (Å²) in [6, 6.07) is 8.21. The second kappa shape index (κ2) is 6.54. The first kappa shape index (κ1) is 13.0. The minimum absolute atomic E-state index is 0.375. The van der Waals surface area contributed by atoms with Crippen LogP contribution in [0.15, 0.2) is 24.3 Å². The Morgan fingerprint density at radius 1 is 1.19 bits per heavy atom. The summed E-state index contributed by atoms with van der Waals surface area (Å²) in [4.78, 5) is 2.37. The van der Waals surface area contributed by atoms with Gasteiger partial charge in [-0.15, -0.1) is 0 Å². The average molecular weight is 221 g/mol. The summed E-state index contributed by atoms with van der Waals surface area (Å²) in [5.41, 5.74) is 2.23. The first-order valence-electron chi connectivity index (χ1n) is 6.22. The predicted molar refractivity (Wildman–Crippen MR) is 69.9 cm³/mol. The van der Waals surface area contributed by atoms with E-state index in [1.54, 1.807) is 6.92 Å². The van der Waals surface area contributed by atoms with Crippen LogP contribution in [0.25, 0.3) is 0 Å². The minimum Gasteiger partial charge on any atom is -0.389 e. The van der Waals surface area contributed by atoms with Crippen molar-refractivity contribution in [3.8, 4) is 0 Å². The summed E-state index contributed by atoms with van der Waals surface area (Å²) in [7, 11) is 0. The molecule has 1 aromatic rings. The van der Waals surface area contributed by atoms with Crippen LogP contribution in [0.5, 0.6) is 0 Å². The van der Waals surface area contributed by atoms with Gasteiger partial charge < -0.3 is 10.0 Å². The van der Waals surface area contributed by atoms with Crippen molar-refractivity contribution in [3.05, 3.63) is 29.8 Å². The molecule has 0 aliphatic carbocycles. The molecule has 2 heteroatoms. The molecule has 16 heavy (non-hydrogen) atoms. The van der Waals surface area contributed by atoms with Crippen molar-refractivity contribution < 1.29 is 5.11 Å². The second-order valence-electron chi connectivity index (χ2n) is 4.20. The zero-order chi connectivity index (χ0) is 12.0. The molecule has 0 amide bonds. The molecule has 0 saturated carbocycles. The van der Waals surface area contributed by atoms with Gasteiger partial charge in [0, 0.05) is 18.8 Å². The van der Waals surface area contributed by atoms with Crippen LogP contribution in [0.3, 0.4) is 0 Å². The van der Waals surface area contributed by atoms with Crippen LogP contribution in [-0.4, -0.2) is 18.2 Å². The number of aliphatic hydroxyl groups is 1. The fraction of sp³-hybridized carbons (Fsp3) is 0.571. The lowest BCUT2D eigenvalue weighted by molar-refractivity contribution is 0.199. The molecule has 1 aromatic carbocycles. The van der Waals surface area contributed by atoms with E-state index in [0.29, 0.717) is 0 Å². The number of aliphatic hydroxyl groups excluding tert-OH is 1. The molecule has 0 aromatic heterocycles. The van der Waals surface area contributed by atoms with E-state index >= 15 is 0 Å². The maximum absolute atomic E-state index is 9.44. The Hall–Kier alpha value is -1.02. The summed E-state index contributed by atoms with van der Waals surface area (Å²) in [5, 5.41) is 9.44. The molecule has 0 saturated heterocycles. The Morgan fingerprint density at radius 3 is 2.25 bits per heavy atom. The van der Waals surface area contributed by atoms with E-state index in [2.05, 4.69) is 30.9 Å².